The smallest absolute Gasteiger partial charge is 0.180 e. The molecule has 0 atom stereocenters. The number of rotatable bonds is 7. The normalized spacial score (nSPS) is 14.8. The molecule has 3 aliphatic rings. The first-order valence-electron chi connectivity index (χ1n) is 24.1. The van der Waals surface area contributed by atoms with E-state index in [1.165, 1.54) is 104 Å². The van der Waals surface area contributed by atoms with Crippen LogP contribution in [0.25, 0.3) is 55.6 Å². The maximum Gasteiger partial charge on any atom is 0.180 e. The number of fused-ring (bicyclic) bond motifs is 9. The molecule has 3 heteroatoms. The first-order chi connectivity index (χ1) is 33.2. The van der Waals surface area contributed by atoms with Gasteiger partial charge in [0.2, 0.25) is 0 Å². The predicted molar refractivity (Wildman–Crippen MR) is 294 cm³/mol. The Hall–Kier alpha value is -7.57. The van der Waals surface area contributed by atoms with E-state index >= 15 is 0 Å². The lowest BCUT2D eigenvalue weighted by molar-refractivity contribution is 0.660. The minimum atomic E-state index is -2.77. The van der Waals surface area contributed by atoms with E-state index < -0.39 is 16.1 Å². The molecule has 0 fully saturated rings. The number of hydrogen-bond acceptors (Lipinski definition) is 1. The van der Waals surface area contributed by atoms with Crippen LogP contribution in [0.5, 0.6) is 0 Å². The molecule has 0 bridgehead atoms. The van der Waals surface area contributed by atoms with Crippen LogP contribution in [0.1, 0.15) is 25.0 Å². The van der Waals surface area contributed by atoms with Crippen molar-refractivity contribution in [2.75, 3.05) is 4.90 Å². The van der Waals surface area contributed by atoms with Gasteiger partial charge >= 0.3 is 0 Å². The standard InChI is InChI=1S/C65H51NSi2/c1-65(2)59-30-15-11-26-52(59)53-37-34-45(40-60(53)65)51-38-35-47(42-58(51)44-20-7-5-8-21-44)66(48-36-39-57-54-27-12-16-31-61(54)67(3,4)64(57)43-48)46-22-19-25-50(41-46)68(49-23-9-6-10-24-49)62-32-17-13-28-55(62)56-29-14-18-33-63(56)68/h5-43H,1-4H3. The molecule has 2 heterocycles. The topological polar surface area (TPSA) is 3.24 Å². The largest absolute Gasteiger partial charge is 0.310 e. The fraction of sp³-hybridized carbons (Fsp3) is 0.0769. The summed E-state index contributed by atoms with van der Waals surface area (Å²) in [5, 5.41) is 8.71. The van der Waals surface area contributed by atoms with Gasteiger partial charge in [-0.05, 0) is 140 Å². The van der Waals surface area contributed by atoms with E-state index in [4.69, 9.17) is 0 Å². The average Bonchev–Trinajstić information content (AvgIpc) is 3.91. The van der Waals surface area contributed by atoms with Gasteiger partial charge in [0.25, 0.3) is 0 Å². The second kappa shape index (κ2) is 15.2. The van der Waals surface area contributed by atoms with Crippen LogP contribution in [-0.4, -0.2) is 16.1 Å². The van der Waals surface area contributed by atoms with Crippen molar-refractivity contribution in [1.82, 2.24) is 0 Å². The van der Waals surface area contributed by atoms with Crippen molar-refractivity contribution in [3.63, 3.8) is 0 Å². The lowest BCUT2D eigenvalue weighted by Gasteiger charge is -2.33. The highest BCUT2D eigenvalue weighted by Crippen LogP contribution is 2.50. The molecule has 1 aliphatic carbocycles. The van der Waals surface area contributed by atoms with Gasteiger partial charge in [0.1, 0.15) is 8.07 Å². The summed E-state index contributed by atoms with van der Waals surface area (Å²) in [6, 6.07) is 90.1. The van der Waals surface area contributed by atoms with Crippen LogP contribution in [0.4, 0.5) is 17.1 Å². The van der Waals surface area contributed by atoms with E-state index in [9.17, 15) is 0 Å². The van der Waals surface area contributed by atoms with Gasteiger partial charge in [-0.1, -0.05) is 221 Å². The molecule has 0 radical (unpaired) electrons. The molecule has 10 aromatic carbocycles. The summed E-state index contributed by atoms with van der Waals surface area (Å²) in [5.41, 5.74) is 19.2. The van der Waals surface area contributed by atoms with Crippen molar-refractivity contribution in [3.05, 3.63) is 248 Å². The van der Waals surface area contributed by atoms with Crippen LogP contribution in [0, 0.1) is 0 Å². The zero-order valence-corrected chi connectivity index (χ0v) is 41.0. The Labute approximate surface area is 402 Å². The first kappa shape index (κ1) is 40.7. The summed E-state index contributed by atoms with van der Waals surface area (Å²) in [6.45, 7) is 9.80. The third-order valence-corrected chi connectivity index (χ3v) is 24.2. The minimum Gasteiger partial charge on any atom is -0.310 e. The lowest BCUT2D eigenvalue weighted by atomic mass is 9.81. The SMILES string of the molecule is CC1(C)c2ccccc2-c2ccc(-c3ccc(N(c4cccc([Si]5(c6ccccc6)c6ccccc6-c6ccccc65)c4)c4ccc5c(c4)[Si](C)(C)c4ccccc4-5)cc3-c3ccccc3)cc21. The predicted octanol–water partition coefficient (Wildman–Crippen LogP) is 13.0. The van der Waals surface area contributed by atoms with Crippen LogP contribution in [0.15, 0.2) is 237 Å². The molecule has 0 amide bonds. The van der Waals surface area contributed by atoms with E-state index in [-0.39, 0.29) is 5.41 Å². The molecule has 10 aromatic rings. The number of hydrogen-bond donors (Lipinski definition) is 0. The van der Waals surface area contributed by atoms with Crippen LogP contribution >= 0.6 is 0 Å². The molecule has 0 saturated heterocycles. The third kappa shape index (κ3) is 5.86. The van der Waals surface area contributed by atoms with Crippen molar-refractivity contribution in [2.45, 2.75) is 32.4 Å². The maximum absolute atomic E-state index is 2.77. The lowest BCUT2D eigenvalue weighted by Crippen LogP contribution is -2.72. The summed E-state index contributed by atoms with van der Waals surface area (Å²) in [4.78, 5) is 2.55. The van der Waals surface area contributed by atoms with Crippen molar-refractivity contribution >= 4 is 64.3 Å². The number of benzene rings is 10. The summed E-state index contributed by atoms with van der Waals surface area (Å²) in [7, 11) is -4.78. The minimum absolute atomic E-state index is 0.0955. The Morgan fingerprint density at radius 1 is 0.309 bits per heavy atom. The maximum atomic E-state index is 2.55. The molecule has 0 aromatic heterocycles. The average molecular weight is 902 g/mol. The second-order valence-corrected chi connectivity index (χ2v) is 28.1. The number of nitrogens with zero attached hydrogens (tertiary/aromatic N) is 1. The van der Waals surface area contributed by atoms with Gasteiger partial charge in [-0.2, -0.15) is 0 Å². The van der Waals surface area contributed by atoms with E-state index in [0.29, 0.717) is 0 Å². The Morgan fingerprint density at radius 3 is 1.51 bits per heavy atom. The van der Waals surface area contributed by atoms with E-state index in [1.807, 2.05) is 0 Å². The zero-order valence-electron chi connectivity index (χ0n) is 39.0. The van der Waals surface area contributed by atoms with Crippen molar-refractivity contribution in [1.29, 1.82) is 0 Å². The highest BCUT2D eigenvalue weighted by Gasteiger charge is 2.49. The summed E-state index contributed by atoms with van der Waals surface area (Å²) >= 11 is 0. The van der Waals surface area contributed by atoms with E-state index in [2.05, 4.69) is 268 Å². The first-order valence-corrected chi connectivity index (χ1v) is 29.1. The molecule has 0 spiro atoms. The highest BCUT2D eigenvalue weighted by atomic mass is 28.3. The molecular weight excluding hydrogens is 851 g/mol. The highest BCUT2D eigenvalue weighted by molar-refractivity contribution is 7.22. The van der Waals surface area contributed by atoms with Crippen molar-refractivity contribution in [2.24, 2.45) is 0 Å². The van der Waals surface area contributed by atoms with Gasteiger partial charge in [0.15, 0.2) is 8.07 Å². The van der Waals surface area contributed by atoms with Crippen molar-refractivity contribution < 1.29 is 0 Å². The molecule has 68 heavy (non-hydrogen) atoms. The van der Waals surface area contributed by atoms with Crippen LogP contribution in [0.3, 0.4) is 0 Å². The van der Waals surface area contributed by atoms with Gasteiger partial charge in [-0.15, -0.1) is 0 Å². The fourth-order valence-corrected chi connectivity index (χ4v) is 20.8. The molecule has 2 aliphatic heterocycles. The Bertz CT molecular complexity index is 3600. The van der Waals surface area contributed by atoms with Crippen LogP contribution < -0.4 is 36.0 Å². The molecule has 0 N–H and O–H groups in total. The second-order valence-electron chi connectivity index (χ2n) is 20.0. The molecule has 0 saturated carbocycles. The summed E-state index contributed by atoms with van der Waals surface area (Å²) < 4.78 is 0. The molecule has 1 nitrogen and oxygen atoms in total. The van der Waals surface area contributed by atoms with Crippen LogP contribution in [-0.2, 0) is 5.41 Å². The van der Waals surface area contributed by atoms with Gasteiger partial charge in [0.05, 0.1) is 0 Å². The van der Waals surface area contributed by atoms with Gasteiger partial charge in [-0.3, -0.25) is 0 Å². The summed E-state index contributed by atoms with van der Waals surface area (Å²) in [6.07, 6.45) is 0. The van der Waals surface area contributed by atoms with E-state index in [0.717, 1.165) is 11.4 Å². The fourth-order valence-electron chi connectivity index (χ4n) is 12.5. The Morgan fingerprint density at radius 2 is 0.809 bits per heavy atom. The summed E-state index contributed by atoms with van der Waals surface area (Å²) in [5.74, 6) is 0. The molecule has 0 unspecified atom stereocenters. The quantitative estimate of drug-likeness (QED) is 0.144. The van der Waals surface area contributed by atoms with Crippen molar-refractivity contribution in [3.8, 4) is 55.6 Å². The van der Waals surface area contributed by atoms with Gasteiger partial charge in [-0.25, -0.2) is 0 Å². The number of anilines is 3. The van der Waals surface area contributed by atoms with Gasteiger partial charge in [0, 0.05) is 22.5 Å². The monoisotopic (exact) mass is 901 g/mol. The van der Waals surface area contributed by atoms with Gasteiger partial charge < -0.3 is 4.90 Å². The molecular formula is C65H51NSi2. The Kier molecular flexibility index (Phi) is 9.11. The third-order valence-electron chi connectivity index (χ3n) is 15.8. The molecule has 324 valence electrons. The Balaban J connectivity index is 1.04. The zero-order chi connectivity index (χ0) is 45.8. The molecule has 13 rings (SSSR count). The van der Waals surface area contributed by atoms with E-state index in [1.54, 1.807) is 0 Å². The van der Waals surface area contributed by atoms with Crippen LogP contribution in [0.2, 0.25) is 13.1 Å².